The van der Waals surface area contributed by atoms with Crippen molar-refractivity contribution in [1.29, 1.82) is 0 Å². The Bertz CT molecular complexity index is 971. The number of piperidine rings is 1. The SMILES string of the molecule is FC(F)(F)COCCn1ncc2nc(N3CCCCC3)nc(Nc3ccccn3)c21. The Balaban J connectivity index is 1.63. The van der Waals surface area contributed by atoms with E-state index in [4.69, 9.17) is 9.72 Å². The molecule has 0 aromatic carbocycles. The van der Waals surface area contributed by atoms with Crippen LogP contribution in [0.1, 0.15) is 19.3 Å². The van der Waals surface area contributed by atoms with E-state index in [0.29, 0.717) is 28.6 Å². The molecule has 0 bridgehead atoms. The highest BCUT2D eigenvalue weighted by atomic mass is 19.4. The largest absolute Gasteiger partial charge is 0.411 e. The number of alkyl halides is 3. The van der Waals surface area contributed by atoms with E-state index in [0.717, 1.165) is 25.9 Å². The summed E-state index contributed by atoms with van der Waals surface area (Å²) in [5.41, 5.74) is 1.21. The van der Waals surface area contributed by atoms with Crippen LogP contribution in [0.2, 0.25) is 0 Å². The second-order valence-electron chi connectivity index (χ2n) is 7.03. The van der Waals surface area contributed by atoms with Gasteiger partial charge in [0.25, 0.3) is 0 Å². The summed E-state index contributed by atoms with van der Waals surface area (Å²) in [7, 11) is 0. The highest BCUT2D eigenvalue weighted by Gasteiger charge is 2.27. The molecule has 0 aliphatic carbocycles. The summed E-state index contributed by atoms with van der Waals surface area (Å²) < 4.78 is 43.2. The van der Waals surface area contributed by atoms with Crippen molar-refractivity contribution in [2.75, 3.05) is 36.5 Å². The number of hydrogen-bond acceptors (Lipinski definition) is 7. The van der Waals surface area contributed by atoms with Gasteiger partial charge in [-0.2, -0.15) is 23.3 Å². The van der Waals surface area contributed by atoms with Gasteiger partial charge in [-0.05, 0) is 31.4 Å². The van der Waals surface area contributed by atoms with Crippen LogP contribution < -0.4 is 10.2 Å². The summed E-state index contributed by atoms with van der Waals surface area (Å²) >= 11 is 0. The smallest absolute Gasteiger partial charge is 0.370 e. The van der Waals surface area contributed by atoms with E-state index >= 15 is 0 Å². The van der Waals surface area contributed by atoms with Gasteiger partial charge in [0.05, 0.1) is 19.3 Å². The van der Waals surface area contributed by atoms with Gasteiger partial charge in [-0.25, -0.2) is 9.97 Å². The fourth-order valence-electron chi connectivity index (χ4n) is 3.38. The summed E-state index contributed by atoms with van der Waals surface area (Å²) in [4.78, 5) is 15.8. The Morgan fingerprint density at radius 3 is 2.67 bits per heavy atom. The topological polar surface area (TPSA) is 81.0 Å². The zero-order chi connectivity index (χ0) is 21.0. The standard InChI is InChI=1S/C19H22F3N7O/c20-19(21,22)13-30-11-10-29-16-14(12-24-29)25-18(28-8-4-1-5-9-28)27-17(16)26-15-6-2-3-7-23-15/h2-3,6-7,12H,1,4-5,8-11,13H2,(H,23,25,26,27). The first-order chi connectivity index (χ1) is 14.5. The molecule has 4 heterocycles. The van der Waals surface area contributed by atoms with Gasteiger partial charge < -0.3 is 15.0 Å². The highest BCUT2D eigenvalue weighted by molar-refractivity contribution is 5.88. The predicted molar refractivity (Wildman–Crippen MR) is 106 cm³/mol. The van der Waals surface area contributed by atoms with Gasteiger partial charge in [0.2, 0.25) is 5.95 Å². The van der Waals surface area contributed by atoms with E-state index in [1.165, 1.54) is 6.42 Å². The van der Waals surface area contributed by atoms with Crippen molar-refractivity contribution in [2.45, 2.75) is 32.0 Å². The van der Waals surface area contributed by atoms with Crippen molar-refractivity contribution >= 4 is 28.6 Å². The minimum Gasteiger partial charge on any atom is -0.370 e. The number of anilines is 3. The van der Waals surface area contributed by atoms with Gasteiger partial charge in [0.1, 0.15) is 23.5 Å². The molecule has 160 valence electrons. The molecule has 1 aliphatic rings. The number of fused-ring (bicyclic) bond motifs is 1. The normalized spacial score (nSPS) is 15.0. The average molecular weight is 421 g/mol. The molecular weight excluding hydrogens is 399 g/mol. The quantitative estimate of drug-likeness (QED) is 0.585. The maximum atomic E-state index is 12.3. The lowest BCUT2D eigenvalue weighted by molar-refractivity contribution is -0.174. The van der Waals surface area contributed by atoms with Crippen LogP contribution in [-0.2, 0) is 11.3 Å². The van der Waals surface area contributed by atoms with Crippen molar-refractivity contribution in [3.63, 3.8) is 0 Å². The van der Waals surface area contributed by atoms with Crippen LogP contribution in [0.3, 0.4) is 0 Å². The van der Waals surface area contributed by atoms with Crippen LogP contribution in [-0.4, -0.2) is 57.2 Å². The molecule has 3 aromatic rings. The minimum atomic E-state index is -4.36. The zero-order valence-corrected chi connectivity index (χ0v) is 16.3. The Hall–Kier alpha value is -2.95. The first-order valence-corrected chi connectivity index (χ1v) is 9.81. The molecule has 30 heavy (non-hydrogen) atoms. The van der Waals surface area contributed by atoms with Crippen molar-refractivity contribution < 1.29 is 17.9 Å². The number of hydrogen-bond donors (Lipinski definition) is 1. The van der Waals surface area contributed by atoms with Crippen LogP contribution in [0, 0.1) is 0 Å². The van der Waals surface area contributed by atoms with Crippen LogP contribution in [0.5, 0.6) is 0 Å². The van der Waals surface area contributed by atoms with E-state index in [2.05, 4.69) is 25.3 Å². The fourth-order valence-corrected chi connectivity index (χ4v) is 3.38. The van der Waals surface area contributed by atoms with Crippen molar-refractivity contribution in [2.24, 2.45) is 0 Å². The molecule has 1 aliphatic heterocycles. The zero-order valence-electron chi connectivity index (χ0n) is 16.3. The van der Waals surface area contributed by atoms with E-state index < -0.39 is 12.8 Å². The lowest BCUT2D eigenvalue weighted by Gasteiger charge is -2.27. The van der Waals surface area contributed by atoms with Gasteiger partial charge >= 0.3 is 6.18 Å². The minimum absolute atomic E-state index is 0.132. The first kappa shape index (κ1) is 20.3. The molecule has 0 amide bonds. The number of ether oxygens (including phenoxy) is 1. The molecule has 1 N–H and O–H groups in total. The van der Waals surface area contributed by atoms with Crippen molar-refractivity contribution in [3.05, 3.63) is 30.6 Å². The van der Waals surface area contributed by atoms with Crippen LogP contribution in [0.4, 0.5) is 30.8 Å². The lowest BCUT2D eigenvalue weighted by atomic mass is 10.1. The van der Waals surface area contributed by atoms with Gasteiger partial charge in [0, 0.05) is 19.3 Å². The number of nitrogens with zero attached hydrogens (tertiary/aromatic N) is 6. The molecule has 0 unspecified atom stereocenters. The summed E-state index contributed by atoms with van der Waals surface area (Å²) in [5, 5.41) is 7.49. The average Bonchev–Trinajstić information content (AvgIpc) is 3.15. The van der Waals surface area contributed by atoms with E-state index in [-0.39, 0.29) is 13.2 Å². The molecule has 11 heteroatoms. The van der Waals surface area contributed by atoms with Crippen LogP contribution >= 0.6 is 0 Å². The Morgan fingerprint density at radius 2 is 1.93 bits per heavy atom. The molecule has 0 atom stereocenters. The van der Waals surface area contributed by atoms with E-state index in [1.54, 1.807) is 17.1 Å². The summed E-state index contributed by atoms with van der Waals surface area (Å²) in [6, 6.07) is 5.46. The molecule has 0 saturated carbocycles. The molecule has 8 nitrogen and oxygen atoms in total. The van der Waals surface area contributed by atoms with Crippen molar-refractivity contribution in [3.8, 4) is 0 Å². The maximum Gasteiger partial charge on any atom is 0.411 e. The number of pyridine rings is 1. The second-order valence-corrected chi connectivity index (χ2v) is 7.03. The molecule has 1 fully saturated rings. The summed E-state index contributed by atoms with van der Waals surface area (Å²) in [6.07, 6.45) is 2.25. The van der Waals surface area contributed by atoms with Crippen LogP contribution in [0.25, 0.3) is 11.0 Å². The molecule has 4 rings (SSSR count). The third-order valence-electron chi connectivity index (χ3n) is 4.74. The lowest BCUT2D eigenvalue weighted by Crippen LogP contribution is -2.31. The number of rotatable bonds is 7. The fraction of sp³-hybridized carbons (Fsp3) is 0.474. The number of aromatic nitrogens is 5. The summed E-state index contributed by atoms with van der Waals surface area (Å²) in [5.74, 6) is 1.71. The number of halogens is 3. The molecule has 0 spiro atoms. The monoisotopic (exact) mass is 421 g/mol. The number of nitrogens with one attached hydrogen (secondary N) is 1. The molecule has 3 aromatic heterocycles. The van der Waals surface area contributed by atoms with Crippen LogP contribution in [0.15, 0.2) is 30.6 Å². The van der Waals surface area contributed by atoms with E-state index in [1.807, 2.05) is 18.2 Å². The van der Waals surface area contributed by atoms with Crippen molar-refractivity contribution in [1.82, 2.24) is 24.7 Å². The Morgan fingerprint density at radius 1 is 1.10 bits per heavy atom. The third kappa shape index (κ3) is 4.96. The van der Waals surface area contributed by atoms with Gasteiger partial charge in [-0.1, -0.05) is 6.07 Å². The van der Waals surface area contributed by atoms with Gasteiger partial charge in [-0.15, -0.1) is 0 Å². The first-order valence-electron chi connectivity index (χ1n) is 9.81. The third-order valence-corrected chi connectivity index (χ3v) is 4.74. The van der Waals surface area contributed by atoms with Gasteiger partial charge in [-0.3, -0.25) is 4.68 Å². The molecule has 1 saturated heterocycles. The summed E-state index contributed by atoms with van der Waals surface area (Å²) in [6.45, 7) is 0.485. The highest BCUT2D eigenvalue weighted by Crippen LogP contribution is 2.27. The molecular formula is C19H22F3N7O. The van der Waals surface area contributed by atoms with E-state index in [9.17, 15) is 13.2 Å². The maximum absolute atomic E-state index is 12.3. The second kappa shape index (κ2) is 8.82. The Kier molecular flexibility index (Phi) is 5.98. The Labute approximate surface area is 171 Å². The van der Waals surface area contributed by atoms with Gasteiger partial charge in [0.15, 0.2) is 5.82 Å². The molecule has 0 radical (unpaired) electrons. The predicted octanol–water partition coefficient (Wildman–Crippen LogP) is 3.53.